The molecule has 0 amide bonds. The van der Waals surface area contributed by atoms with Crippen molar-refractivity contribution in [2.24, 2.45) is 0 Å². The minimum atomic E-state index is -0.420. The molecule has 0 unspecified atom stereocenters. The summed E-state index contributed by atoms with van der Waals surface area (Å²) >= 11 is 0. The summed E-state index contributed by atoms with van der Waals surface area (Å²) in [6.07, 6.45) is 0. The zero-order valence-electron chi connectivity index (χ0n) is 27.8. The van der Waals surface area contributed by atoms with Crippen molar-refractivity contribution < 1.29 is 0 Å². The molecule has 2 aliphatic rings. The summed E-state index contributed by atoms with van der Waals surface area (Å²) in [5.74, 6) is 0. The van der Waals surface area contributed by atoms with E-state index in [4.69, 9.17) is 0 Å². The third-order valence-electron chi connectivity index (χ3n) is 12.0. The zero-order valence-corrected chi connectivity index (χ0v) is 27.8. The number of benzene rings is 10. The van der Waals surface area contributed by atoms with Gasteiger partial charge >= 0.3 is 0 Å². The molecule has 234 valence electrons. The van der Waals surface area contributed by atoms with Crippen LogP contribution in [0.15, 0.2) is 182 Å². The molecule has 0 radical (unpaired) electrons. The molecule has 0 bridgehead atoms. The normalized spacial score (nSPS) is 13.6. The SMILES string of the molecule is c1ccc2c(c1)-c1ccccc1C21c2c(ccc3ccccc23)-c2ccc3cc(-c4cc5ccc6ccccc6c5c5ccccc45)ccc3c21. The molecule has 0 atom stereocenters. The first kappa shape index (κ1) is 27.3. The fourth-order valence-corrected chi connectivity index (χ4v) is 10.0. The fraction of sp³-hybridized carbons (Fsp3) is 0.0196. The molecule has 2 aliphatic carbocycles. The predicted octanol–water partition coefficient (Wildman–Crippen LogP) is 13.5. The van der Waals surface area contributed by atoms with Crippen LogP contribution in [-0.2, 0) is 5.41 Å². The van der Waals surface area contributed by atoms with Crippen molar-refractivity contribution in [1.82, 2.24) is 0 Å². The number of rotatable bonds is 1. The van der Waals surface area contributed by atoms with Gasteiger partial charge in [0.25, 0.3) is 0 Å². The van der Waals surface area contributed by atoms with Crippen molar-refractivity contribution in [2.75, 3.05) is 0 Å². The summed E-state index contributed by atoms with van der Waals surface area (Å²) in [7, 11) is 0. The van der Waals surface area contributed by atoms with Gasteiger partial charge in [-0.2, -0.15) is 0 Å². The Labute approximate surface area is 295 Å². The van der Waals surface area contributed by atoms with Crippen LogP contribution in [0, 0.1) is 0 Å². The van der Waals surface area contributed by atoms with Gasteiger partial charge in [0.15, 0.2) is 0 Å². The van der Waals surface area contributed by atoms with Crippen LogP contribution in [0.1, 0.15) is 22.3 Å². The maximum Gasteiger partial charge on any atom is 0.0737 e. The molecule has 0 saturated carbocycles. The van der Waals surface area contributed by atoms with Gasteiger partial charge in [-0.3, -0.25) is 0 Å². The van der Waals surface area contributed by atoms with Crippen LogP contribution in [0.4, 0.5) is 0 Å². The third-order valence-corrected chi connectivity index (χ3v) is 12.0. The van der Waals surface area contributed by atoms with Crippen LogP contribution < -0.4 is 0 Å². The molecule has 0 aliphatic heterocycles. The maximum absolute atomic E-state index is 2.44. The number of hydrogen-bond donors (Lipinski definition) is 0. The Kier molecular flexibility index (Phi) is 5.26. The Morgan fingerprint density at radius 2 is 0.784 bits per heavy atom. The lowest BCUT2D eigenvalue weighted by molar-refractivity contribution is 0.809. The highest BCUT2D eigenvalue weighted by Gasteiger charge is 2.53. The maximum atomic E-state index is 2.44. The van der Waals surface area contributed by atoms with Crippen LogP contribution >= 0.6 is 0 Å². The van der Waals surface area contributed by atoms with Crippen LogP contribution in [-0.4, -0.2) is 0 Å². The molecule has 0 nitrogen and oxygen atoms in total. The molecule has 0 N–H and O–H groups in total. The molecule has 0 fully saturated rings. The van der Waals surface area contributed by atoms with E-state index in [9.17, 15) is 0 Å². The van der Waals surface area contributed by atoms with Gasteiger partial charge in [-0.1, -0.05) is 170 Å². The van der Waals surface area contributed by atoms with Crippen molar-refractivity contribution in [2.45, 2.75) is 5.41 Å². The van der Waals surface area contributed by atoms with Crippen molar-refractivity contribution in [3.63, 3.8) is 0 Å². The van der Waals surface area contributed by atoms with E-state index in [1.165, 1.54) is 109 Å². The first-order valence-corrected chi connectivity index (χ1v) is 17.9. The lowest BCUT2D eigenvalue weighted by Gasteiger charge is -2.32. The molecule has 12 rings (SSSR count). The second kappa shape index (κ2) is 9.81. The molecule has 10 aromatic rings. The highest BCUT2D eigenvalue weighted by Crippen LogP contribution is 2.65. The fourth-order valence-electron chi connectivity index (χ4n) is 10.0. The molecule has 0 heterocycles. The lowest BCUT2D eigenvalue weighted by atomic mass is 9.68. The van der Waals surface area contributed by atoms with Gasteiger partial charge in [-0.15, -0.1) is 0 Å². The van der Waals surface area contributed by atoms with Crippen LogP contribution in [0.5, 0.6) is 0 Å². The summed E-state index contributed by atoms with van der Waals surface area (Å²) in [6, 6.07) is 68.6. The van der Waals surface area contributed by atoms with E-state index in [-0.39, 0.29) is 0 Å². The first-order valence-electron chi connectivity index (χ1n) is 17.9. The van der Waals surface area contributed by atoms with E-state index < -0.39 is 5.41 Å². The third kappa shape index (κ3) is 3.40. The Morgan fingerprint density at radius 1 is 0.275 bits per heavy atom. The highest BCUT2D eigenvalue weighted by atomic mass is 14.5. The van der Waals surface area contributed by atoms with Gasteiger partial charge in [0.2, 0.25) is 0 Å². The van der Waals surface area contributed by atoms with Gasteiger partial charge in [-0.25, -0.2) is 0 Å². The molecule has 0 aromatic heterocycles. The minimum absolute atomic E-state index is 0.420. The molecule has 0 heteroatoms. The number of fused-ring (bicyclic) bond motifs is 19. The minimum Gasteiger partial charge on any atom is -0.0619 e. The Bertz CT molecular complexity index is 3100. The molecular weight excluding hydrogens is 613 g/mol. The molecule has 51 heavy (non-hydrogen) atoms. The lowest BCUT2D eigenvalue weighted by Crippen LogP contribution is -2.26. The summed E-state index contributed by atoms with van der Waals surface area (Å²) in [4.78, 5) is 0. The van der Waals surface area contributed by atoms with E-state index in [1.54, 1.807) is 0 Å². The first-order chi connectivity index (χ1) is 25.3. The van der Waals surface area contributed by atoms with Crippen molar-refractivity contribution >= 4 is 53.9 Å². The van der Waals surface area contributed by atoms with E-state index in [1.807, 2.05) is 0 Å². The monoisotopic (exact) mass is 642 g/mol. The summed E-state index contributed by atoms with van der Waals surface area (Å²) in [6.45, 7) is 0. The van der Waals surface area contributed by atoms with Gasteiger partial charge in [-0.05, 0) is 122 Å². The average Bonchev–Trinajstić information content (AvgIpc) is 3.68. The Morgan fingerprint density at radius 3 is 1.51 bits per heavy atom. The number of hydrogen-bond acceptors (Lipinski definition) is 0. The molecule has 0 saturated heterocycles. The second-order valence-corrected chi connectivity index (χ2v) is 14.3. The smallest absolute Gasteiger partial charge is 0.0619 e. The van der Waals surface area contributed by atoms with E-state index >= 15 is 0 Å². The second-order valence-electron chi connectivity index (χ2n) is 14.3. The standard InChI is InChI=1S/C51H30/c1-3-13-36-31(11-1)21-22-35-30-45(39-15-5-6-18-42(39)48(35)36)34-24-26-38-33(29-34)25-28-44-43-27-23-32-12-2-4-14-37(32)49(43)51(50(38)44)46-19-9-7-16-40(46)41-17-8-10-20-47(41)51/h1-30H. The van der Waals surface area contributed by atoms with Crippen molar-refractivity contribution in [1.29, 1.82) is 0 Å². The van der Waals surface area contributed by atoms with Crippen LogP contribution in [0.25, 0.3) is 87.2 Å². The largest absolute Gasteiger partial charge is 0.0737 e. The molecule has 1 spiro atoms. The van der Waals surface area contributed by atoms with Gasteiger partial charge in [0.05, 0.1) is 5.41 Å². The average molecular weight is 643 g/mol. The molecule has 10 aromatic carbocycles. The Balaban J connectivity index is 1.18. The molecular formula is C51H30. The van der Waals surface area contributed by atoms with E-state index in [0.717, 1.165) is 0 Å². The quantitative estimate of drug-likeness (QED) is 0.156. The summed E-state index contributed by atoms with van der Waals surface area (Å²) < 4.78 is 0. The van der Waals surface area contributed by atoms with E-state index in [2.05, 4.69) is 182 Å². The highest BCUT2D eigenvalue weighted by molar-refractivity contribution is 6.23. The van der Waals surface area contributed by atoms with E-state index in [0.29, 0.717) is 0 Å². The van der Waals surface area contributed by atoms with Crippen LogP contribution in [0.2, 0.25) is 0 Å². The Hall–Kier alpha value is -6.50. The van der Waals surface area contributed by atoms with Crippen molar-refractivity contribution in [3.05, 3.63) is 204 Å². The van der Waals surface area contributed by atoms with Crippen LogP contribution in [0.3, 0.4) is 0 Å². The van der Waals surface area contributed by atoms with Gasteiger partial charge in [0.1, 0.15) is 0 Å². The zero-order chi connectivity index (χ0) is 33.3. The van der Waals surface area contributed by atoms with Gasteiger partial charge < -0.3 is 0 Å². The topological polar surface area (TPSA) is 0 Å². The predicted molar refractivity (Wildman–Crippen MR) is 216 cm³/mol. The van der Waals surface area contributed by atoms with Gasteiger partial charge in [0, 0.05) is 0 Å². The summed E-state index contributed by atoms with van der Waals surface area (Å²) in [5, 5.41) is 13.0. The summed E-state index contributed by atoms with van der Waals surface area (Å²) in [5.41, 5.74) is 13.0. The van der Waals surface area contributed by atoms with Crippen molar-refractivity contribution in [3.8, 4) is 33.4 Å².